The highest BCUT2D eigenvalue weighted by molar-refractivity contribution is 7.16. The zero-order valence-electron chi connectivity index (χ0n) is 14.8. The Morgan fingerprint density at radius 3 is 2.50 bits per heavy atom. The summed E-state index contributed by atoms with van der Waals surface area (Å²) >= 11 is 7.39. The van der Waals surface area contributed by atoms with Crippen molar-refractivity contribution in [1.82, 2.24) is 15.1 Å². The molecule has 24 heavy (non-hydrogen) atoms. The van der Waals surface area contributed by atoms with E-state index in [4.69, 9.17) is 11.6 Å². The quantitative estimate of drug-likeness (QED) is 0.715. The van der Waals surface area contributed by atoms with Crippen LogP contribution in [0.3, 0.4) is 0 Å². The van der Waals surface area contributed by atoms with Crippen molar-refractivity contribution in [2.45, 2.75) is 32.9 Å². The van der Waals surface area contributed by atoms with Crippen molar-refractivity contribution in [1.29, 1.82) is 0 Å². The standard InChI is InChI=1S/C17H26ClN3O2S/c1-6-9-21(10-13-7-8-14(18)24-13)16(23)12-20(5)11-15(22)19-17(2,3)4/h6-8H,1,9-12H2,2-5H3,(H,19,22). The van der Waals surface area contributed by atoms with E-state index >= 15 is 0 Å². The highest BCUT2D eigenvalue weighted by atomic mass is 35.5. The van der Waals surface area contributed by atoms with E-state index in [2.05, 4.69) is 11.9 Å². The van der Waals surface area contributed by atoms with Gasteiger partial charge in [0, 0.05) is 17.0 Å². The number of rotatable bonds is 8. The molecule has 0 aromatic carbocycles. The van der Waals surface area contributed by atoms with E-state index in [1.165, 1.54) is 11.3 Å². The minimum Gasteiger partial charge on any atom is -0.350 e. The highest BCUT2D eigenvalue weighted by Gasteiger charge is 2.19. The Balaban J connectivity index is 2.57. The monoisotopic (exact) mass is 371 g/mol. The van der Waals surface area contributed by atoms with Crippen LogP contribution in [0.5, 0.6) is 0 Å². The number of halogens is 1. The molecule has 1 aromatic heterocycles. The van der Waals surface area contributed by atoms with Crippen LogP contribution < -0.4 is 5.32 Å². The second-order valence-electron chi connectivity index (χ2n) is 6.74. The molecule has 0 atom stereocenters. The molecule has 0 aliphatic rings. The number of carbonyl (C=O) groups is 2. The van der Waals surface area contributed by atoms with Crippen LogP contribution in [-0.2, 0) is 16.1 Å². The number of amides is 2. The van der Waals surface area contributed by atoms with Gasteiger partial charge in [0.15, 0.2) is 0 Å². The first-order chi connectivity index (χ1) is 11.1. The van der Waals surface area contributed by atoms with Crippen LogP contribution in [0.2, 0.25) is 4.34 Å². The lowest BCUT2D eigenvalue weighted by Gasteiger charge is -2.25. The van der Waals surface area contributed by atoms with Gasteiger partial charge >= 0.3 is 0 Å². The molecule has 0 spiro atoms. The van der Waals surface area contributed by atoms with Crippen molar-refractivity contribution in [2.24, 2.45) is 0 Å². The number of likely N-dealkylation sites (N-methyl/N-ethyl adjacent to an activating group) is 1. The average Bonchev–Trinajstić information content (AvgIpc) is 2.81. The first kappa shape index (κ1) is 20.7. The number of nitrogens with zero attached hydrogens (tertiary/aromatic N) is 2. The SMILES string of the molecule is C=CCN(Cc1ccc(Cl)s1)C(=O)CN(C)CC(=O)NC(C)(C)C. The van der Waals surface area contributed by atoms with E-state index in [1.807, 2.05) is 32.9 Å². The molecule has 1 aromatic rings. The van der Waals surface area contributed by atoms with Crippen molar-refractivity contribution in [3.8, 4) is 0 Å². The first-order valence-corrected chi connectivity index (χ1v) is 8.92. The summed E-state index contributed by atoms with van der Waals surface area (Å²) in [6, 6.07) is 3.73. The molecule has 7 heteroatoms. The molecule has 1 N–H and O–H groups in total. The maximum Gasteiger partial charge on any atom is 0.237 e. The van der Waals surface area contributed by atoms with Gasteiger partial charge in [-0.25, -0.2) is 0 Å². The average molecular weight is 372 g/mol. The lowest BCUT2D eigenvalue weighted by molar-refractivity contribution is -0.132. The topological polar surface area (TPSA) is 52.7 Å². The van der Waals surface area contributed by atoms with Crippen molar-refractivity contribution in [2.75, 3.05) is 26.7 Å². The van der Waals surface area contributed by atoms with Gasteiger partial charge in [0.25, 0.3) is 0 Å². The molecule has 0 saturated heterocycles. The Kier molecular flexibility index (Phi) is 7.93. The Labute approximate surface area is 153 Å². The number of carbonyl (C=O) groups excluding carboxylic acids is 2. The van der Waals surface area contributed by atoms with Gasteiger partial charge in [-0.3, -0.25) is 14.5 Å². The largest absolute Gasteiger partial charge is 0.350 e. The highest BCUT2D eigenvalue weighted by Crippen LogP contribution is 2.22. The smallest absolute Gasteiger partial charge is 0.237 e. The predicted molar refractivity (Wildman–Crippen MR) is 100 cm³/mol. The summed E-state index contributed by atoms with van der Waals surface area (Å²) in [6.07, 6.45) is 1.69. The van der Waals surface area contributed by atoms with Crippen molar-refractivity contribution in [3.63, 3.8) is 0 Å². The third kappa shape index (κ3) is 7.95. The van der Waals surface area contributed by atoms with Gasteiger partial charge in [-0.1, -0.05) is 17.7 Å². The van der Waals surface area contributed by atoms with Crippen LogP contribution in [0.15, 0.2) is 24.8 Å². The first-order valence-electron chi connectivity index (χ1n) is 7.73. The molecule has 0 radical (unpaired) electrons. The van der Waals surface area contributed by atoms with Crippen LogP contribution in [0.4, 0.5) is 0 Å². The fourth-order valence-corrected chi connectivity index (χ4v) is 3.23. The second kappa shape index (κ2) is 9.20. The van der Waals surface area contributed by atoms with Gasteiger partial charge in [-0.15, -0.1) is 17.9 Å². The van der Waals surface area contributed by atoms with Crippen LogP contribution in [0.25, 0.3) is 0 Å². The molecule has 0 unspecified atom stereocenters. The third-order valence-electron chi connectivity index (χ3n) is 3.01. The minimum absolute atomic E-state index is 0.0505. The summed E-state index contributed by atoms with van der Waals surface area (Å²) in [6.45, 7) is 10.8. The van der Waals surface area contributed by atoms with Gasteiger partial charge in [-0.2, -0.15) is 0 Å². The van der Waals surface area contributed by atoms with E-state index in [1.54, 1.807) is 22.9 Å². The maximum absolute atomic E-state index is 12.5. The van der Waals surface area contributed by atoms with Gasteiger partial charge in [0.1, 0.15) is 0 Å². The fraction of sp³-hybridized carbons (Fsp3) is 0.529. The predicted octanol–water partition coefficient (Wildman–Crippen LogP) is 2.76. The number of hydrogen-bond acceptors (Lipinski definition) is 4. The molecule has 0 bridgehead atoms. The molecule has 0 aliphatic carbocycles. The van der Waals surface area contributed by atoms with E-state index in [0.717, 1.165) is 4.88 Å². The van der Waals surface area contributed by atoms with Crippen LogP contribution in [0.1, 0.15) is 25.6 Å². The van der Waals surface area contributed by atoms with Gasteiger partial charge < -0.3 is 10.2 Å². The number of nitrogens with one attached hydrogen (secondary N) is 1. The molecule has 0 saturated carbocycles. The molecule has 0 fully saturated rings. The molecule has 0 aliphatic heterocycles. The van der Waals surface area contributed by atoms with Crippen molar-refractivity contribution < 1.29 is 9.59 Å². The Morgan fingerprint density at radius 1 is 1.33 bits per heavy atom. The summed E-state index contributed by atoms with van der Waals surface area (Å²) in [5, 5.41) is 2.89. The van der Waals surface area contributed by atoms with Crippen LogP contribution >= 0.6 is 22.9 Å². The van der Waals surface area contributed by atoms with Crippen LogP contribution in [0, 0.1) is 0 Å². The number of thiophene rings is 1. The van der Waals surface area contributed by atoms with Gasteiger partial charge in [0.05, 0.1) is 24.0 Å². The lowest BCUT2D eigenvalue weighted by atomic mass is 10.1. The minimum atomic E-state index is -0.282. The van der Waals surface area contributed by atoms with Crippen molar-refractivity contribution in [3.05, 3.63) is 34.0 Å². The van der Waals surface area contributed by atoms with Gasteiger partial charge in [-0.05, 0) is 40.0 Å². The summed E-state index contributed by atoms with van der Waals surface area (Å²) in [4.78, 5) is 28.9. The molecule has 134 valence electrons. The van der Waals surface area contributed by atoms with Crippen molar-refractivity contribution >= 4 is 34.8 Å². The van der Waals surface area contributed by atoms with Gasteiger partial charge in [0.2, 0.25) is 11.8 Å². The summed E-state index contributed by atoms with van der Waals surface area (Å²) in [5.41, 5.74) is -0.282. The normalized spacial score (nSPS) is 11.4. The summed E-state index contributed by atoms with van der Waals surface area (Å²) < 4.78 is 0.701. The zero-order valence-corrected chi connectivity index (χ0v) is 16.3. The molecular weight excluding hydrogens is 346 g/mol. The summed E-state index contributed by atoms with van der Waals surface area (Å²) in [7, 11) is 1.76. The zero-order chi connectivity index (χ0) is 18.3. The Bertz CT molecular complexity index is 581. The van der Waals surface area contributed by atoms with Crippen LogP contribution in [-0.4, -0.2) is 53.8 Å². The van der Waals surface area contributed by atoms with E-state index in [-0.39, 0.29) is 30.4 Å². The molecule has 1 rings (SSSR count). The number of hydrogen-bond donors (Lipinski definition) is 1. The molecule has 5 nitrogen and oxygen atoms in total. The Hall–Kier alpha value is -1.37. The Morgan fingerprint density at radius 2 is 2.00 bits per heavy atom. The summed E-state index contributed by atoms with van der Waals surface area (Å²) in [5.74, 6) is -0.149. The third-order valence-corrected chi connectivity index (χ3v) is 4.23. The second-order valence-corrected chi connectivity index (χ2v) is 8.54. The van der Waals surface area contributed by atoms with E-state index in [0.29, 0.717) is 17.4 Å². The maximum atomic E-state index is 12.5. The molecule has 2 amide bonds. The molecular formula is C17H26ClN3O2S. The fourth-order valence-electron chi connectivity index (χ4n) is 2.12. The molecule has 1 heterocycles. The lowest BCUT2D eigenvalue weighted by Crippen LogP contribution is -2.47. The van der Waals surface area contributed by atoms with E-state index in [9.17, 15) is 9.59 Å². The van der Waals surface area contributed by atoms with E-state index < -0.39 is 0 Å².